The fourth-order valence-corrected chi connectivity index (χ4v) is 3.29. The summed E-state index contributed by atoms with van der Waals surface area (Å²) in [6.45, 7) is 9.99. The molecule has 0 amide bonds. The van der Waals surface area contributed by atoms with Gasteiger partial charge in [-0.3, -0.25) is 4.79 Å². The number of hydrogen-bond donors (Lipinski definition) is 2. The maximum Gasteiger partial charge on any atom is 0.303 e. The smallest absolute Gasteiger partial charge is 0.303 e. The zero-order valence-corrected chi connectivity index (χ0v) is 15.3. The Morgan fingerprint density at radius 1 is 1.28 bits per heavy atom. The van der Waals surface area contributed by atoms with Crippen molar-refractivity contribution in [3.8, 4) is 0 Å². The van der Waals surface area contributed by atoms with Crippen LogP contribution >= 0.6 is 0 Å². The first kappa shape index (κ1) is 19.7. The van der Waals surface area contributed by atoms with Gasteiger partial charge in [0, 0.05) is 44.3 Å². The van der Waals surface area contributed by atoms with Crippen LogP contribution in [0, 0.1) is 5.82 Å². The van der Waals surface area contributed by atoms with Crippen molar-refractivity contribution < 1.29 is 14.3 Å². The van der Waals surface area contributed by atoms with E-state index in [4.69, 9.17) is 5.11 Å². The number of nitrogens with zero attached hydrogens (tertiary/aromatic N) is 2. The van der Waals surface area contributed by atoms with Crippen molar-refractivity contribution in [1.29, 1.82) is 0 Å². The van der Waals surface area contributed by atoms with Crippen LogP contribution in [0.1, 0.15) is 44.7 Å². The highest BCUT2D eigenvalue weighted by Crippen LogP contribution is 2.28. The lowest BCUT2D eigenvalue weighted by molar-refractivity contribution is -0.137. The van der Waals surface area contributed by atoms with E-state index < -0.39 is 5.97 Å². The number of unbranched alkanes of at least 4 members (excludes halogenated alkanes) is 1. The quantitative estimate of drug-likeness (QED) is 0.670. The number of carboxylic acid groups (broad SMARTS) is 1. The molecule has 0 aliphatic carbocycles. The summed E-state index contributed by atoms with van der Waals surface area (Å²) in [6, 6.07) is 5.07. The molecule has 6 heteroatoms. The molecule has 2 N–H and O–H groups in total. The zero-order chi connectivity index (χ0) is 18.2. The van der Waals surface area contributed by atoms with Crippen LogP contribution in [0.5, 0.6) is 0 Å². The Morgan fingerprint density at radius 2 is 2.00 bits per heavy atom. The number of likely N-dealkylation sites (N-methyl/N-ethyl adjacent to an activating group) is 1. The molecule has 25 heavy (non-hydrogen) atoms. The Balaban J connectivity index is 1.96. The highest BCUT2D eigenvalue weighted by Gasteiger charge is 2.20. The van der Waals surface area contributed by atoms with Crippen molar-refractivity contribution in [2.75, 3.05) is 44.2 Å². The van der Waals surface area contributed by atoms with Crippen LogP contribution in [0.3, 0.4) is 0 Å². The highest BCUT2D eigenvalue weighted by atomic mass is 19.1. The zero-order valence-electron chi connectivity index (χ0n) is 15.3. The predicted octanol–water partition coefficient (Wildman–Crippen LogP) is 2.87. The number of carbonyl (C=O) groups is 1. The molecule has 1 saturated heterocycles. The topological polar surface area (TPSA) is 55.8 Å². The van der Waals surface area contributed by atoms with Crippen molar-refractivity contribution in [3.05, 3.63) is 29.6 Å². The summed E-state index contributed by atoms with van der Waals surface area (Å²) in [6.07, 6.45) is 1.66. The van der Waals surface area contributed by atoms with Crippen molar-refractivity contribution in [1.82, 2.24) is 10.2 Å². The summed E-state index contributed by atoms with van der Waals surface area (Å²) in [5.41, 5.74) is 2.07. The van der Waals surface area contributed by atoms with Crippen LogP contribution < -0.4 is 10.2 Å². The standard InChI is InChI=1S/C19H30FN3O2/c1-3-22-10-12-23(13-11-22)18-8-7-16(20)14-17(18)15(2)21-9-5-4-6-19(24)25/h7-8,14-15,21H,3-6,9-13H2,1-2H3,(H,24,25). The molecule has 0 aromatic heterocycles. The van der Waals surface area contributed by atoms with Gasteiger partial charge in [0.2, 0.25) is 0 Å². The van der Waals surface area contributed by atoms with Gasteiger partial charge in [0.1, 0.15) is 5.82 Å². The lowest BCUT2D eigenvalue weighted by Gasteiger charge is -2.37. The van der Waals surface area contributed by atoms with Gasteiger partial charge in [0.05, 0.1) is 0 Å². The van der Waals surface area contributed by atoms with Crippen LogP contribution in [0.15, 0.2) is 18.2 Å². The third-order valence-corrected chi connectivity index (χ3v) is 4.88. The second kappa shape index (κ2) is 9.73. The first-order valence-corrected chi connectivity index (χ1v) is 9.23. The van der Waals surface area contributed by atoms with Crippen LogP contribution in [0.4, 0.5) is 10.1 Å². The molecule has 5 nitrogen and oxygen atoms in total. The van der Waals surface area contributed by atoms with Crippen molar-refractivity contribution >= 4 is 11.7 Å². The summed E-state index contributed by atoms with van der Waals surface area (Å²) in [4.78, 5) is 15.3. The summed E-state index contributed by atoms with van der Waals surface area (Å²) in [5.74, 6) is -0.975. The Kier molecular flexibility index (Phi) is 7.65. The largest absolute Gasteiger partial charge is 0.481 e. The first-order valence-electron chi connectivity index (χ1n) is 9.23. The van der Waals surface area contributed by atoms with E-state index in [1.54, 1.807) is 6.07 Å². The molecule has 0 spiro atoms. The van der Waals surface area contributed by atoms with E-state index in [0.717, 1.165) is 56.9 Å². The normalized spacial score (nSPS) is 16.8. The van der Waals surface area contributed by atoms with Gasteiger partial charge in [0.15, 0.2) is 0 Å². The fraction of sp³-hybridized carbons (Fsp3) is 0.632. The van der Waals surface area contributed by atoms with Gasteiger partial charge in [-0.05, 0) is 56.6 Å². The number of hydrogen-bond acceptors (Lipinski definition) is 4. The molecule has 1 fully saturated rings. The van der Waals surface area contributed by atoms with Crippen molar-refractivity contribution in [3.63, 3.8) is 0 Å². The van der Waals surface area contributed by atoms with E-state index in [0.29, 0.717) is 6.42 Å². The molecule has 1 aromatic carbocycles. The molecule has 1 aliphatic rings. The Labute approximate surface area is 149 Å². The van der Waals surface area contributed by atoms with E-state index in [9.17, 15) is 9.18 Å². The van der Waals surface area contributed by atoms with E-state index in [2.05, 4.69) is 22.0 Å². The number of nitrogens with one attached hydrogen (secondary N) is 1. The predicted molar refractivity (Wildman–Crippen MR) is 98.6 cm³/mol. The van der Waals surface area contributed by atoms with Crippen LogP contribution in [-0.4, -0.2) is 55.2 Å². The molecule has 1 aromatic rings. The number of rotatable bonds is 9. The van der Waals surface area contributed by atoms with E-state index in [1.807, 2.05) is 13.0 Å². The van der Waals surface area contributed by atoms with Gasteiger partial charge >= 0.3 is 5.97 Å². The van der Waals surface area contributed by atoms with Gasteiger partial charge in [-0.2, -0.15) is 0 Å². The molecule has 1 atom stereocenters. The molecule has 0 radical (unpaired) electrons. The maximum absolute atomic E-state index is 13.8. The molecule has 1 unspecified atom stereocenters. The molecule has 1 heterocycles. The summed E-state index contributed by atoms with van der Waals surface area (Å²) in [7, 11) is 0. The van der Waals surface area contributed by atoms with E-state index >= 15 is 0 Å². The minimum atomic E-state index is -0.758. The summed E-state index contributed by atoms with van der Waals surface area (Å²) >= 11 is 0. The highest BCUT2D eigenvalue weighted by molar-refractivity contribution is 5.66. The number of piperazine rings is 1. The average molecular weight is 351 g/mol. The van der Waals surface area contributed by atoms with Crippen LogP contribution in [0.2, 0.25) is 0 Å². The van der Waals surface area contributed by atoms with Gasteiger partial charge in [-0.15, -0.1) is 0 Å². The molecular weight excluding hydrogens is 321 g/mol. The summed E-state index contributed by atoms with van der Waals surface area (Å²) in [5, 5.41) is 12.1. The molecular formula is C19H30FN3O2. The third kappa shape index (κ3) is 5.97. The van der Waals surface area contributed by atoms with Crippen molar-refractivity contribution in [2.24, 2.45) is 0 Å². The Bertz CT molecular complexity index is 560. The van der Waals surface area contributed by atoms with Gasteiger partial charge in [0.25, 0.3) is 0 Å². The van der Waals surface area contributed by atoms with Crippen LogP contribution in [0.25, 0.3) is 0 Å². The third-order valence-electron chi connectivity index (χ3n) is 4.88. The molecule has 2 rings (SSSR count). The molecule has 1 aliphatic heterocycles. The van der Waals surface area contributed by atoms with Gasteiger partial charge in [-0.25, -0.2) is 4.39 Å². The SMILES string of the molecule is CCN1CCN(c2ccc(F)cc2C(C)NCCCCC(=O)O)CC1. The average Bonchev–Trinajstić information content (AvgIpc) is 2.61. The monoisotopic (exact) mass is 351 g/mol. The van der Waals surface area contributed by atoms with Gasteiger partial charge < -0.3 is 20.2 Å². The number of benzene rings is 1. The number of halogens is 1. The second-order valence-electron chi connectivity index (χ2n) is 6.65. The fourth-order valence-electron chi connectivity index (χ4n) is 3.29. The lowest BCUT2D eigenvalue weighted by Crippen LogP contribution is -2.46. The van der Waals surface area contributed by atoms with Crippen molar-refractivity contribution in [2.45, 2.75) is 39.2 Å². The lowest BCUT2D eigenvalue weighted by atomic mass is 10.0. The molecule has 0 bridgehead atoms. The van der Waals surface area contributed by atoms with E-state index in [1.165, 1.54) is 6.07 Å². The number of carboxylic acids is 1. The van der Waals surface area contributed by atoms with Gasteiger partial charge in [-0.1, -0.05) is 6.92 Å². The minimum absolute atomic E-state index is 0.0275. The number of anilines is 1. The first-order chi connectivity index (χ1) is 12.0. The second-order valence-corrected chi connectivity index (χ2v) is 6.65. The molecule has 0 saturated carbocycles. The Morgan fingerprint density at radius 3 is 2.64 bits per heavy atom. The van der Waals surface area contributed by atoms with E-state index in [-0.39, 0.29) is 18.3 Å². The van der Waals surface area contributed by atoms with Crippen LogP contribution in [-0.2, 0) is 4.79 Å². The Hall–Kier alpha value is -1.66. The maximum atomic E-state index is 13.8. The summed E-state index contributed by atoms with van der Waals surface area (Å²) < 4.78 is 13.8. The minimum Gasteiger partial charge on any atom is -0.481 e. The number of aliphatic carboxylic acids is 1. The molecule has 140 valence electrons.